The van der Waals surface area contributed by atoms with E-state index in [1.54, 1.807) is 29.5 Å². The van der Waals surface area contributed by atoms with Crippen LogP contribution in [0.5, 0.6) is 0 Å². The number of sulfonamides is 1. The Balaban J connectivity index is 1.98. The zero-order valence-electron chi connectivity index (χ0n) is 11.1. The van der Waals surface area contributed by atoms with Gasteiger partial charge in [-0.15, -0.1) is 22.9 Å². The number of halogens is 2. The average Bonchev–Trinajstić information content (AvgIpc) is 2.95. The molecule has 0 saturated carbocycles. The van der Waals surface area contributed by atoms with Crippen molar-refractivity contribution < 1.29 is 8.42 Å². The molecule has 1 aliphatic rings. The summed E-state index contributed by atoms with van der Waals surface area (Å²) in [5.74, 6) is 0.258. The Bertz CT molecular complexity index is 771. The van der Waals surface area contributed by atoms with Gasteiger partial charge in [-0.05, 0) is 41.1 Å². The Morgan fingerprint density at radius 1 is 1.29 bits per heavy atom. The normalized spacial score (nSPS) is 15.9. The summed E-state index contributed by atoms with van der Waals surface area (Å²) < 4.78 is 27.1. The highest BCUT2D eigenvalue weighted by Gasteiger charge is 2.30. The van der Waals surface area contributed by atoms with E-state index in [0.29, 0.717) is 13.1 Å². The van der Waals surface area contributed by atoms with E-state index in [1.807, 2.05) is 11.4 Å². The zero-order valence-corrected chi connectivity index (χ0v) is 14.2. The minimum absolute atomic E-state index is 0.140. The number of hydrogen-bond acceptors (Lipinski definition) is 3. The molecular weight excluding hydrogens is 349 g/mol. The fraction of sp³-hybridized carbons (Fsp3) is 0.286. The van der Waals surface area contributed by atoms with Crippen LogP contribution in [0.2, 0.25) is 5.02 Å². The Kier molecular flexibility index (Phi) is 4.30. The monoisotopic (exact) mass is 361 g/mol. The molecule has 0 radical (unpaired) electrons. The molecule has 0 saturated heterocycles. The van der Waals surface area contributed by atoms with Crippen molar-refractivity contribution in [3.63, 3.8) is 0 Å². The van der Waals surface area contributed by atoms with Gasteiger partial charge in [0.15, 0.2) is 0 Å². The summed E-state index contributed by atoms with van der Waals surface area (Å²) in [5.41, 5.74) is 1.83. The second kappa shape index (κ2) is 5.89. The number of fused-ring (bicyclic) bond motifs is 1. The Hall–Kier alpha value is -0.590. The van der Waals surface area contributed by atoms with E-state index >= 15 is 0 Å². The fourth-order valence-corrected chi connectivity index (χ4v) is 5.39. The molecule has 0 unspecified atom stereocenters. The summed E-state index contributed by atoms with van der Waals surface area (Å²) in [5, 5.41) is 2.24. The van der Waals surface area contributed by atoms with E-state index in [9.17, 15) is 8.42 Å². The van der Waals surface area contributed by atoms with Crippen molar-refractivity contribution >= 4 is 44.6 Å². The highest BCUT2D eigenvalue weighted by atomic mass is 35.5. The van der Waals surface area contributed by atoms with Gasteiger partial charge in [0.05, 0.1) is 5.02 Å². The van der Waals surface area contributed by atoms with Crippen molar-refractivity contribution in [3.05, 3.63) is 50.7 Å². The first kappa shape index (κ1) is 15.3. The SMILES string of the molecule is O=S(=O)(c1cc(CCl)ccc1Cl)N1CCc2sccc2C1. The standard InChI is InChI=1S/C14H13Cl2NO2S2/c15-8-10-1-2-12(16)14(7-10)21(18,19)17-5-3-13-11(9-17)4-6-20-13/h1-2,4,6-7H,3,5,8-9H2. The molecule has 0 N–H and O–H groups in total. The number of alkyl halides is 1. The van der Waals surface area contributed by atoms with Gasteiger partial charge in [0.2, 0.25) is 10.0 Å². The molecule has 2 heterocycles. The van der Waals surface area contributed by atoms with E-state index < -0.39 is 10.0 Å². The second-order valence-electron chi connectivity index (χ2n) is 4.86. The quantitative estimate of drug-likeness (QED) is 0.777. The van der Waals surface area contributed by atoms with E-state index in [-0.39, 0.29) is 15.8 Å². The van der Waals surface area contributed by atoms with Gasteiger partial charge in [0, 0.05) is 23.8 Å². The maximum absolute atomic E-state index is 12.8. The average molecular weight is 362 g/mol. The Labute approximate surface area is 138 Å². The summed E-state index contributed by atoms with van der Waals surface area (Å²) in [6, 6.07) is 6.87. The van der Waals surface area contributed by atoms with E-state index in [1.165, 1.54) is 9.18 Å². The van der Waals surface area contributed by atoms with E-state index in [2.05, 4.69) is 0 Å². The first-order chi connectivity index (χ1) is 10.0. The summed E-state index contributed by atoms with van der Waals surface area (Å²) in [6.07, 6.45) is 0.749. The van der Waals surface area contributed by atoms with Crippen molar-refractivity contribution in [2.24, 2.45) is 0 Å². The van der Waals surface area contributed by atoms with Crippen LogP contribution >= 0.6 is 34.5 Å². The highest BCUT2D eigenvalue weighted by molar-refractivity contribution is 7.89. The largest absolute Gasteiger partial charge is 0.244 e. The third-order valence-electron chi connectivity index (χ3n) is 3.54. The molecule has 7 heteroatoms. The maximum atomic E-state index is 12.8. The lowest BCUT2D eigenvalue weighted by molar-refractivity contribution is 0.394. The molecule has 2 aromatic rings. The molecule has 3 nitrogen and oxygen atoms in total. The number of rotatable bonds is 3. The molecule has 0 aliphatic carbocycles. The molecule has 1 aromatic heterocycles. The minimum Gasteiger partial charge on any atom is -0.207 e. The van der Waals surface area contributed by atoms with Crippen LogP contribution in [0, 0.1) is 0 Å². The Morgan fingerprint density at radius 2 is 2.10 bits per heavy atom. The van der Waals surface area contributed by atoms with Crippen molar-refractivity contribution in [1.29, 1.82) is 0 Å². The molecule has 1 aromatic carbocycles. The van der Waals surface area contributed by atoms with Crippen molar-refractivity contribution in [1.82, 2.24) is 4.31 Å². The molecule has 0 atom stereocenters. The van der Waals surface area contributed by atoms with Crippen LogP contribution in [0.4, 0.5) is 0 Å². The predicted octanol–water partition coefficient (Wildman–Crippen LogP) is 3.89. The van der Waals surface area contributed by atoms with E-state index in [4.69, 9.17) is 23.2 Å². The van der Waals surface area contributed by atoms with E-state index in [0.717, 1.165) is 17.5 Å². The summed E-state index contributed by atoms with van der Waals surface area (Å²) in [6.45, 7) is 0.889. The van der Waals surface area contributed by atoms with Gasteiger partial charge in [-0.3, -0.25) is 0 Å². The molecular formula is C14H13Cl2NO2S2. The van der Waals surface area contributed by atoms with Crippen LogP contribution in [0.3, 0.4) is 0 Å². The molecule has 3 rings (SSSR count). The first-order valence-electron chi connectivity index (χ1n) is 6.42. The lowest BCUT2D eigenvalue weighted by Gasteiger charge is -2.26. The van der Waals surface area contributed by atoms with Crippen molar-refractivity contribution in [3.8, 4) is 0 Å². The number of thiophene rings is 1. The lowest BCUT2D eigenvalue weighted by Crippen LogP contribution is -2.35. The molecule has 1 aliphatic heterocycles. The third-order valence-corrected chi connectivity index (χ3v) is 7.20. The van der Waals surface area contributed by atoms with Crippen molar-refractivity contribution in [2.75, 3.05) is 6.54 Å². The van der Waals surface area contributed by atoms with Crippen LogP contribution in [-0.2, 0) is 28.9 Å². The summed E-state index contributed by atoms with van der Waals surface area (Å²) in [7, 11) is -3.60. The minimum atomic E-state index is -3.60. The van der Waals surface area contributed by atoms with Crippen LogP contribution < -0.4 is 0 Å². The van der Waals surface area contributed by atoms with Crippen LogP contribution in [0.1, 0.15) is 16.0 Å². The molecule has 112 valence electrons. The number of nitrogens with zero attached hydrogens (tertiary/aromatic N) is 1. The molecule has 0 fully saturated rings. The van der Waals surface area contributed by atoms with Gasteiger partial charge in [-0.2, -0.15) is 4.31 Å². The van der Waals surface area contributed by atoms with Gasteiger partial charge in [-0.25, -0.2) is 8.42 Å². The predicted molar refractivity (Wildman–Crippen MR) is 86.6 cm³/mol. The Morgan fingerprint density at radius 3 is 2.86 bits per heavy atom. The van der Waals surface area contributed by atoms with Gasteiger partial charge < -0.3 is 0 Å². The van der Waals surface area contributed by atoms with Gasteiger partial charge >= 0.3 is 0 Å². The fourth-order valence-electron chi connectivity index (χ4n) is 2.40. The molecule has 0 bridgehead atoms. The van der Waals surface area contributed by atoms with Gasteiger partial charge in [0.1, 0.15) is 4.90 Å². The maximum Gasteiger partial charge on any atom is 0.244 e. The molecule has 0 spiro atoms. The zero-order chi connectivity index (χ0) is 15.0. The third kappa shape index (κ3) is 2.85. The summed E-state index contributed by atoms with van der Waals surface area (Å²) >= 11 is 13.6. The smallest absolute Gasteiger partial charge is 0.207 e. The van der Waals surface area contributed by atoms with Crippen LogP contribution in [0.15, 0.2) is 34.5 Å². The van der Waals surface area contributed by atoms with Crippen molar-refractivity contribution in [2.45, 2.75) is 23.7 Å². The summed E-state index contributed by atoms with van der Waals surface area (Å²) in [4.78, 5) is 1.41. The van der Waals surface area contributed by atoms with Gasteiger partial charge in [-0.1, -0.05) is 17.7 Å². The number of benzene rings is 1. The highest BCUT2D eigenvalue weighted by Crippen LogP contribution is 2.31. The van der Waals surface area contributed by atoms with Crippen LogP contribution in [-0.4, -0.2) is 19.3 Å². The number of hydrogen-bond donors (Lipinski definition) is 0. The topological polar surface area (TPSA) is 37.4 Å². The molecule has 21 heavy (non-hydrogen) atoms. The first-order valence-corrected chi connectivity index (χ1v) is 9.65. The van der Waals surface area contributed by atoms with Crippen LogP contribution in [0.25, 0.3) is 0 Å². The lowest BCUT2D eigenvalue weighted by atomic mass is 10.1. The molecule has 0 amide bonds. The second-order valence-corrected chi connectivity index (χ2v) is 8.44. The van der Waals surface area contributed by atoms with Gasteiger partial charge in [0.25, 0.3) is 0 Å².